The topological polar surface area (TPSA) is 0 Å². The van der Waals surface area contributed by atoms with Gasteiger partial charge in [0.2, 0.25) is 0 Å². The number of hydrogen-bond acceptors (Lipinski definition) is 0. The predicted molar refractivity (Wildman–Crippen MR) is 108 cm³/mol. The van der Waals surface area contributed by atoms with Crippen LogP contribution in [0.4, 0.5) is 0 Å². The molecule has 0 heterocycles. The van der Waals surface area contributed by atoms with E-state index in [-0.39, 0.29) is 0 Å². The van der Waals surface area contributed by atoms with E-state index in [0.717, 1.165) is 5.92 Å². The normalized spacial score (nSPS) is 12.7. The molecule has 0 saturated heterocycles. The maximum atomic E-state index is 2.34. The summed E-state index contributed by atoms with van der Waals surface area (Å²) >= 11 is 0. The second-order valence-electron chi connectivity index (χ2n) is 7.83. The Morgan fingerprint density at radius 3 is 1.04 bits per heavy atom. The molecule has 0 aromatic rings. The molecule has 1 atom stereocenters. The van der Waals surface area contributed by atoms with Crippen molar-refractivity contribution in [2.24, 2.45) is 5.92 Å². The van der Waals surface area contributed by atoms with Crippen LogP contribution in [-0.2, 0) is 0 Å². The maximum absolute atomic E-state index is 2.34. The van der Waals surface area contributed by atoms with Crippen molar-refractivity contribution in [3.8, 4) is 0 Å². The summed E-state index contributed by atoms with van der Waals surface area (Å²) in [6, 6.07) is 0. The SMILES string of the molecule is CCCCCCCCCCCC(CCCC)CCCCCCC. The molecule has 0 rings (SSSR count). The van der Waals surface area contributed by atoms with Crippen molar-refractivity contribution < 1.29 is 0 Å². The lowest BCUT2D eigenvalue weighted by atomic mass is 9.90. The molecule has 140 valence electrons. The van der Waals surface area contributed by atoms with E-state index >= 15 is 0 Å². The van der Waals surface area contributed by atoms with Crippen LogP contribution >= 0.6 is 0 Å². The first kappa shape index (κ1) is 23.0. The second-order valence-corrected chi connectivity index (χ2v) is 7.83. The standard InChI is InChI=1S/C23H48/c1-4-7-10-12-13-14-15-17-19-22-23(20-9-6-3)21-18-16-11-8-5-2/h23H,4-22H2,1-3H3. The fourth-order valence-corrected chi connectivity index (χ4v) is 3.71. The minimum absolute atomic E-state index is 1.04. The third-order valence-corrected chi connectivity index (χ3v) is 5.40. The Hall–Kier alpha value is 0. The van der Waals surface area contributed by atoms with Crippen molar-refractivity contribution in [2.45, 2.75) is 143 Å². The molecular weight excluding hydrogens is 276 g/mol. The Morgan fingerprint density at radius 2 is 0.652 bits per heavy atom. The van der Waals surface area contributed by atoms with Crippen molar-refractivity contribution in [3.63, 3.8) is 0 Å². The van der Waals surface area contributed by atoms with Crippen molar-refractivity contribution in [1.29, 1.82) is 0 Å². The highest BCUT2D eigenvalue weighted by Gasteiger charge is 2.08. The van der Waals surface area contributed by atoms with E-state index in [9.17, 15) is 0 Å². The van der Waals surface area contributed by atoms with E-state index in [1.807, 2.05) is 0 Å². The van der Waals surface area contributed by atoms with Gasteiger partial charge in [-0.05, 0) is 5.92 Å². The van der Waals surface area contributed by atoms with Crippen molar-refractivity contribution in [3.05, 3.63) is 0 Å². The molecule has 0 N–H and O–H groups in total. The second kappa shape index (κ2) is 20.0. The molecule has 0 spiro atoms. The molecule has 0 amide bonds. The highest BCUT2D eigenvalue weighted by molar-refractivity contribution is 4.61. The van der Waals surface area contributed by atoms with Gasteiger partial charge in [0.15, 0.2) is 0 Å². The number of rotatable bonds is 19. The lowest BCUT2D eigenvalue weighted by molar-refractivity contribution is 0.371. The molecule has 0 aliphatic carbocycles. The minimum atomic E-state index is 1.04. The molecule has 0 nitrogen and oxygen atoms in total. The Morgan fingerprint density at radius 1 is 0.348 bits per heavy atom. The van der Waals surface area contributed by atoms with Gasteiger partial charge in [-0.15, -0.1) is 0 Å². The van der Waals surface area contributed by atoms with Crippen LogP contribution in [0.1, 0.15) is 143 Å². The summed E-state index contributed by atoms with van der Waals surface area (Å²) in [5.41, 5.74) is 0. The lowest BCUT2D eigenvalue weighted by Crippen LogP contribution is -2.01. The van der Waals surface area contributed by atoms with Crippen LogP contribution in [0, 0.1) is 5.92 Å². The zero-order chi connectivity index (χ0) is 17.0. The Bertz CT molecular complexity index is 196. The van der Waals surface area contributed by atoms with Crippen LogP contribution < -0.4 is 0 Å². The highest BCUT2D eigenvalue weighted by atomic mass is 14.1. The molecule has 0 aliphatic rings. The van der Waals surface area contributed by atoms with Gasteiger partial charge in [0.25, 0.3) is 0 Å². The molecule has 0 radical (unpaired) electrons. The van der Waals surface area contributed by atoms with Crippen LogP contribution in [0.2, 0.25) is 0 Å². The summed E-state index contributed by atoms with van der Waals surface area (Å²) in [5.74, 6) is 1.04. The van der Waals surface area contributed by atoms with Gasteiger partial charge in [0.05, 0.1) is 0 Å². The van der Waals surface area contributed by atoms with Gasteiger partial charge in [-0.1, -0.05) is 143 Å². The zero-order valence-electron chi connectivity index (χ0n) is 17.0. The summed E-state index contributed by atoms with van der Waals surface area (Å²) in [7, 11) is 0. The lowest BCUT2D eigenvalue weighted by Gasteiger charge is -2.16. The van der Waals surface area contributed by atoms with Gasteiger partial charge in [0, 0.05) is 0 Å². The van der Waals surface area contributed by atoms with Crippen molar-refractivity contribution >= 4 is 0 Å². The maximum Gasteiger partial charge on any atom is -0.0414 e. The quantitative estimate of drug-likeness (QED) is 0.208. The first-order chi connectivity index (χ1) is 11.3. The van der Waals surface area contributed by atoms with Crippen LogP contribution in [-0.4, -0.2) is 0 Å². The van der Waals surface area contributed by atoms with Gasteiger partial charge in [0.1, 0.15) is 0 Å². The first-order valence-corrected chi connectivity index (χ1v) is 11.3. The summed E-state index contributed by atoms with van der Waals surface area (Å²) in [5, 5.41) is 0. The molecule has 0 aliphatic heterocycles. The number of hydrogen-bond donors (Lipinski definition) is 0. The van der Waals surface area contributed by atoms with E-state index in [2.05, 4.69) is 20.8 Å². The fraction of sp³-hybridized carbons (Fsp3) is 1.00. The molecule has 0 aromatic carbocycles. The molecule has 0 bridgehead atoms. The minimum Gasteiger partial charge on any atom is -0.0654 e. The van der Waals surface area contributed by atoms with Crippen molar-refractivity contribution in [2.75, 3.05) is 0 Å². The number of unbranched alkanes of at least 4 members (excludes halogenated alkanes) is 13. The van der Waals surface area contributed by atoms with Crippen LogP contribution in [0.3, 0.4) is 0 Å². The third-order valence-electron chi connectivity index (χ3n) is 5.40. The van der Waals surface area contributed by atoms with Crippen LogP contribution in [0.15, 0.2) is 0 Å². The zero-order valence-corrected chi connectivity index (χ0v) is 17.0. The summed E-state index contributed by atoms with van der Waals surface area (Å²) in [6.07, 6.45) is 27.8. The van der Waals surface area contributed by atoms with Gasteiger partial charge < -0.3 is 0 Å². The van der Waals surface area contributed by atoms with Gasteiger partial charge in [-0.2, -0.15) is 0 Å². The summed E-state index contributed by atoms with van der Waals surface area (Å²) < 4.78 is 0. The highest BCUT2D eigenvalue weighted by Crippen LogP contribution is 2.23. The average Bonchev–Trinajstić information content (AvgIpc) is 2.57. The van der Waals surface area contributed by atoms with Gasteiger partial charge in [-0.25, -0.2) is 0 Å². The molecule has 1 unspecified atom stereocenters. The monoisotopic (exact) mass is 324 g/mol. The summed E-state index contributed by atoms with van der Waals surface area (Å²) in [6.45, 7) is 6.96. The molecular formula is C23H48. The molecule has 0 aromatic heterocycles. The van der Waals surface area contributed by atoms with Crippen LogP contribution in [0.5, 0.6) is 0 Å². The largest absolute Gasteiger partial charge is 0.0654 e. The summed E-state index contributed by atoms with van der Waals surface area (Å²) in [4.78, 5) is 0. The van der Waals surface area contributed by atoms with E-state index in [1.54, 1.807) is 0 Å². The van der Waals surface area contributed by atoms with Gasteiger partial charge >= 0.3 is 0 Å². The Kier molecular flexibility index (Phi) is 20.0. The first-order valence-electron chi connectivity index (χ1n) is 11.3. The van der Waals surface area contributed by atoms with Crippen LogP contribution in [0.25, 0.3) is 0 Å². The molecule has 23 heavy (non-hydrogen) atoms. The smallest absolute Gasteiger partial charge is 0.0414 e. The van der Waals surface area contributed by atoms with Gasteiger partial charge in [-0.3, -0.25) is 0 Å². The van der Waals surface area contributed by atoms with E-state index in [0.29, 0.717) is 0 Å². The van der Waals surface area contributed by atoms with E-state index < -0.39 is 0 Å². The van der Waals surface area contributed by atoms with E-state index in [4.69, 9.17) is 0 Å². The molecule has 0 fully saturated rings. The Labute approximate surface area is 149 Å². The third kappa shape index (κ3) is 18.2. The molecule has 0 saturated carbocycles. The predicted octanol–water partition coefficient (Wildman–Crippen LogP) is 9.07. The average molecular weight is 325 g/mol. The van der Waals surface area contributed by atoms with Crippen molar-refractivity contribution in [1.82, 2.24) is 0 Å². The Balaban J connectivity index is 3.51. The van der Waals surface area contributed by atoms with E-state index in [1.165, 1.54) is 122 Å². The molecule has 0 heteroatoms. The fourth-order valence-electron chi connectivity index (χ4n) is 3.71.